The van der Waals surface area contributed by atoms with Gasteiger partial charge in [-0.15, -0.1) is 0 Å². The van der Waals surface area contributed by atoms with Crippen LogP contribution in [0.5, 0.6) is 0 Å². The third-order valence-electron chi connectivity index (χ3n) is 1.82. The lowest BCUT2D eigenvalue weighted by molar-refractivity contribution is -0.385. The molecule has 4 nitrogen and oxygen atoms in total. The van der Waals surface area contributed by atoms with E-state index in [-0.39, 0.29) is 10.6 Å². The van der Waals surface area contributed by atoms with Crippen molar-refractivity contribution in [1.82, 2.24) is 5.32 Å². The summed E-state index contributed by atoms with van der Waals surface area (Å²) in [7, 11) is 0. The molecule has 0 aliphatic carbocycles. The molecule has 0 bridgehead atoms. The maximum absolute atomic E-state index is 10.7. The highest BCUT2D eigenvalue weighted by Crippen LogP contribution is 2.17. The summed E-state index contributed by atoms with van der Waals surface area (Å²) in [6.07, 6.45) is 0. The number of para-hydroxylation sites is 1. The number of nitro groups is 1. The summed E-state index contributed by atoms with van der Waals surface area (Å²) in [5.74, 6) is 0. The van der Waals surface area contributed by atoms with Crippen LogP contribution in [-0.4, -0.2) is 11.5 Å². The van der Waals surface area contributed by atoms with E-state index in [4.69, 9.17) is 0 Å². The molecule has 0 aliphatic heterocycles. The first-order valence-electron chi connectivity index (χ1n) is 4.37. The molecule has 80 valence electrons. The normalized spacial score (nSPS) is 9.93. The number of benzene rings is 1. The zero-order chi connectivity index (χ0) is 11.3. The minimum Gasteiger partial charge on any atom is -0.308 e. The Labute approximate surface area is 96.3 Å². The highest BCUT2D eigenvalue weighted by atomic mass is 79.9. The summed E-state index contributed by atoms with van der Waals surface area (Å²) in [6, 6.07) is 6.68. The Hall–Kier alpha value is -1.20. The Morgan fingerprint density at radius 3 is 2.80 bits per heavy atom. The van der Waals surface area contributed by atoms with Gasteiger partial charge in [0.15, 0.2) is 0 Å². The van der Waals surface area contributed by atoms with Crippen molar-refractivity contribution in [3.63, 3.8) is 0 Å². The minimum atomic E-state index is -0.375. The Bertz CT molecular complexity index is 379. The summed E-state index contributed by atoms with van der Waals surface area (Å²) < 4.78 is 0.820. The van der Waals surface area contributed by atoms with Gasteiger partial charge in [-0.2, -0.15) is 0 Å². The van der Waals surface area contributed by atoms with Crippen molar-refractivity contribution in [2.24, 2.45) is 0 Å². The van der Waals surface area contributed by atoms with Crippen molar-refractivity contribution < 1.29 is 4.92 Å². The van der Waals surface area contributed by atoms with Crippen LogP contribution in [0.15, 0.2) is 35.3 Å². The average molecular weight is 271 g/mol. The molecule has 0 saturated heterocycles. The van der Waals surface area contributed by atoms with E-state index in [1.165, 1.54) is 6.07 Å². The second kappa shape index (κ2) is 5.63. The van der Waals surface area contributed by atoms with Crippen LogP contribution < -0.4 is 5.32 Å². The van der Waals surface area contributed by atoms with Crippen LogP contribution >= 0.6 is 15.9 Å². The maximum Gasteiger partial charge on any atom is 0.273 e. The Morgan fingerprint density at radius 1 is 1.53 bits per heavy atom. The molecule has 1 rings (SSSR count). The Morgan fingerprint density at radius 2 is 2.20 bits per heavy atom. The fourth-order valence-electron chi connectivity index (χ4n) is 1.17. The number of halogens is 1. The molecule has 15 heavy (non-hydrogen) atoms. The SMILES string of the molecule is C=C(Br)CNCc1ccccc1[N+](=O)[O-]. The molecule has 0 aromatic heterocycles. The van der Waals surface area contributed by atoms with Gasteiger partial charge in [0.2, 0.25) is 0 Å². The van der Waals surface area contributed by atoms with Crippen molar-refractivity contribution in [2.75, 3.05) is 6.54 Å². The van der Waals surface area contributed by atoms with Crippen LogP contribution in [0, 0.1) is 10.1 Å². The molecular weight excluding hydrogens is 260 g/mol. The quantitative estimate of drug-likeness (QED) is 0.661. The summed E-state index contributed by atoms with van der Waals surface area (Å²) in [6.45, 7) is 4.71. The smallest absolute Gasteiger partial charge is 0.273 e. The maximum atomic E-state index is 10.7. The minimum absolute atomic E-state index is 0.144. The molecule has 0 unspecified atom stereocenters. The molecule has 1 aromatic rings. The Kier molecular flexibility index (Phi) is 4.45. The van der Waals surface area contributed by atoms with Gasteiger partial charge in [-0.05, 0) is 0 Å². The molecule has 0 heterocycles. The van der Waals surface area contributed by atoms with Crippen LogP contribution in [0.3, 0.4) is 0 Å². The average Bonchev–Trinajstić information content (AvgIpc) is 2.17. The number of hydrogen-bond acceptors (Lipinski definition) is 3. The van der Waals surface area contributed by atoms with Gasteiger partial charge in [0.1, 0.15) is 0 Å². The van der Waals surface area contributed by atoms with Crippen LogP contribution in [-0.2, 0) is 6.54 Å². The lowest BCUT2D eigenvalue weighted by Crippen LogP contribution is -2.15. The fraction of sp³-hybridized carbons (Fsp3) is 0.200. The van der Waals surface area contributed by atoms with Crippen LogP contribution in [0.25, 0.3) is 0 Å². The standard InChI is InChI=1S/C10H11BrN2O2/c1-8(11)6-12-7-9-4-2-3-5-10(9)13(14)15/h2-5,12H,1,6-7H2. The lowest BCUT2D eigenvalue weighted by Gasteiger charge is -2.04. The first-order valence-corrected chi connectivity index (χ1v) is 5.17. The third kappa shape index (κ3) is 3.81. The largest absolute Gasteiger partial charge is 0.308 e. The van der Waals surface area contributed by atoms with E-state index in [9.17, 15) is 10.1 Å². The first kappa shape index (κ1) is 11.9. The molecule has 1 aromatic carbocycles. The number of hydrogen-bond donors (Lipinski definition) is 1. The van der Waals surface area contributed by atoms with Gasteiger partial charge in [-0.3, -0.25) is 10.1 Å². The van der Waals surface area contributed by atoms with Crippen molar-refractivity contribution in [3.05, 3.63) is 51.0 Å². The molecule has 5 heteroatoms. The molecule has 0 atom stereocenters. The van der Waals surface area contributed by atoms with Gasteiger partial charge >= 0.3 is 0 Å². The van der Waals surface area contributed by atoms with Gasteiger partial charge in [0.05, 0.1) is 4.92 Å². The van der Waals surface area contributed by atoms with Crippen LogP contribution in [0.2, 0.25) is 0 Å². The monoisotopic (exact) mass is 270 g/mol. The molecule has 0 radical (unpaired) electrons. The van der Waals surface area contributed by atoms with E-state index in [2.05, 4.69) is 27.8 Å². The van der Waals surface area contributed by atoms with Gasteiger partial charge in [-0.1, -0.05) is 40.7 Å². The predicted molar refractivity (Wildman–Crippen MR) is 62.9 cm³/mol. The molecule has 0 saturated carbocycles. The van der Waals surface area contributed by atoms with E-state index in [1.54, 1.807) is 18.2 Å². The van der Waals surface area contributed by atoms with E-state index in [0.717, 1.165) is 4.48 Å². The van der Waals surface area contributed by atoms with Gasteiger partial charge in [0, 0.05) is 29.2 Å². The van der Waals surface area contributed by atoms with Crippen molar-refractivity contribution >= 4 is 21.6 Å². The van der Waals surface area contributed by atoms with Crippen molar-refractivity contribution in [1.29, 1.82) is 0 Å². The summed E-state index contributed by atoms with van der Waals surface area (Å²) >= 11 is 3.20. The summed E-state index contributed by atoms with van der Waals surface area (Å²) in [4.78, 5) is 10.3. The predicted octanol–water partition coefficient (Wildman–Crippen LogP) is 2.59. The zero-order valence-electron chi connectivity index (χ0n) is 8.07. The van der Waals surface area contributed by atoms with E-state index in [0.29, 0.717) is 18.7 Å². The second-order valence-corrected chi connectivity index (χ2v) is 4.13. The highest BCUT2D eigenvalue weighted by molar-refractivity contribution is 9.11. The lowest BCUT2D eigenvalue weighted by atomic mass is 10.2. The molecule has 1 N–H and O–H groups in total. The third-order valence-corrected chi connectivity index (χ3v) is 2.10. The van der Waals surface area contributed by atoms with Gasteiger partial charge in [-0.25, -0.2) is 0 Å². The number of nitrogens with zero attached hydrogens (tertiary/aromatic N) is 1. The molecule has 0 spiro atoms. The highest BCUT2D eigenvalue weighted by Gasteiger charge is 2.10. The van der Waals surface area contributed by atoms with Crippen LogP contribution in [0.4, 0.5) is 5.69 Å². The number of nitrogens with one attached hydrogen (secondary N) is 1. The topological polar surface area (TPSA) is 55.2 Å². The van der Waals surface area contributed by atoms with E-state index in [1.807, 2.05) is 0 Å². The summed E-state index contributed by atoms with van der Waals surface area (Å²) in [5.41, 5.74) is 0.821. The number of nitro benzene ring substituents is 1. The number of rotatable bonds is 5. The van der Waals surface area contributed by atoms with E-state index < -0.39 is 0 Å². The van der Waals surface area contributed by atoms with Crippen molar-refractivity contribution in [3.8, 4) is 0 Å². The summed E-state index contributed by atoms with van der Waals surface area (Å²) in [5, 5.41) is 13.7. The first-order chi connectivity index (χ1) is 7.11. The molecule has 0 fully saturated rings. The zero-order valence-corrected chi connectivity index (χ0v) is 9.66. The second-order valence-electron chi connectivity index (χ2n) is 3.01. The molecule has 0 amide bonds. The van der Waals surface area contributed by atoms with Crippen molar-refractivity contribution in [2.45, 2.75) is 6.54 Å². The van der Waals surface area contributed by atoms with Gasteiger partial charge < -0.3 is 5.32 Å². The fourth-order valence-corrected chi connectivity index (χ4v) is 1.37. The molecule has 0 aliphatic rings. The Balaban J connectivity index is 2.67. The van der Waals surface area contributed by atoms with E-state index >= 15 is 0 Å². The van der Waals surface area contributed by atoms with Gasteiger partial charge in [0.25, 0.3) is 5.69 Å². The van der Waals surface area contributed by atoms with Crippen LogP contribution in [0.1, 0.15) is 5.56 Å². The molecular formula is C10H11BrN2O2.